The molecule has 0 bridgehead atoms. The summed E-state index contributed by atoms with van der Waals surface area (Å²) in [5.41, 5.74) is 2.59. The Labute approximate surface area is 128 Å². The fraction of sp³-hybridized carbons (Fsp3) is 0.294. The minimum absolute atomic E-state index is 0.00293. The van der Waals surface area contributed by atoms with Gasteiger partial charge in [-0.25, -0.2) is 0 Å². The molecule has 0 saturated carbocycles. The summed E-state index contributed by atoms with van der Waals surface area (Å²) in [6, 6.07) is 16.7. The van der Waals surface area contributed by atoms with Gasteiger partial charge >= 0.3 is 0 Å². The van der Waals surface area contributed by atoms with E-state index in [4.69, 9.17) is 0 Å². The van der Waals surface area contributed by atoms with E-state index < -0.39 is 0 Å². The summed E-state index contributed by atoms with van der Waals surface area (Å²) in [4.78, 5) is 1.99. The van der Waals surface area contributed by atoms with Gasteiger partial charge in [0.15, 0.2) is 0 Å². The van der Waals surface area contributed by atoms with Crippen molar-refractivity contribution in [3.05, 3.63) is 59.7 Å². The Kier molecular flexibility index (Phi) is 6.02. The second-order valence-electron chi connectivity index (χ2n) is 4.72. The molecule has 0 aliphatic carbocycles. The van der Waals surface area contributed by atoms with E-state index >= 15 is 0 Å². The Morgan fingerprint density at radius 3 is 1.16 bits per heavy atom. The summed E-state index contributed by atoms with van der Waals surface area (Å²) < 4.78 is 0. The number of benzene rings is 2. The molecular formula is C17H22S2. The normalized spacial score (nSPS) is 10.6. The molecule has 2 aromatic rings. The highest BCUT2D eigenvalue weighted by atomic mass is 32.1. The van der Waals surface area contributed by atoms with Gasteiger partial charge in [-0.2, -0.15) is 0 Å². The minimum Gasteiger partial charge on any atom is -0.143 e. The maximum atomic E-state index is 4.32. The van der Waals surface area contributed by atoms with Gasteiger partial charge in [-0.05, 0) is 35.4 Å². The highest BCUT2D eigenvalue weighted by Gasteiger charge is 2.22. The van der Waals surface area contributed by atoms with Gasteiger partial charge in [-0.1, -0.05) is 52.0 Å². The molecule has 0 spiro atoms. The summed E-state index contributed by atoms with van der Waals surface area (Å²) >= 11 is 8.64. The Morgan fingerprint density at radius 1 is 0.632 bits per heavy atom. The van der Waals surface area contributed by atoms with Crippen LogP contribution in [0.3, 0.4) is 0 Å². The molecule has 102 valence electrons. The SMILES string of the molecule is CC.CC(C)(c1ccc(S)cc1)c1ccc(S)cc1. The van der Waals surface area contributed by atoms with Gasteiger partial charge in [0.1, 0.15) is 0 Å². The third-order valence-electron chi connectivity index (χ3n) is 3.18. The Balaban J connectivity index is 0.000000861. The van der Waals surface area contributed by atoms with Gasteiger partial charge in [0.05, 0.1) is 0 Å². The number of hydrogen-bond donors (Lipinski definition) is 2. The molecule has 19 heavy (non-hydrogen) atoms. The first-order valence-corrected chi connectivity index (χ1v) is 7.48. The highest BCUT2D eigenvalue weighted by Crippen LogP contribution is 2.32. The molecule has 0 radical (unpaired) electrons. The van der Waals surface area contributed by atoms with Crippen LogP contribution in [0.15, 0.2) is 58.3 Å². The standard InChI is InChI=1S/C15H16S2.C2H6/c1-15(2,11-3-7-13(16)8-4-11)12-5-9-14(17)10-6-12;1-2/h3-10,16-17H,1-2H3;1-2H3. The van der Waals surface area contributed by atoms with Crippen molar-refractivity contribution in [2.75, 3.05) is 0 Å². The zero-order valence-electron chi connectivity index (χ0n) is 12.0. The van der Waals surface area contributed by atoms with Crippen LogP contribution >= 0.6 is 25.3 Å². The van der Waals surface area contributed by atoms with Crippen LogP contribution in [0.4, 0.5) is 0 Å². The van der Waals surface area contributed by atoms with Crippen molar-refractivity contribution in [3.63, 3.8) is 0 Å². The lowest BCUT2D eigenvalue weighted by Gasteiger charge is -2.26. The van der Waals surface area contributed by atoms with Crippen molar-refractivity contribution in [2.24, 2.45) is 0 Å². The monoisotopic (exact) mass is 290 g/mol. The molecule has 0 aliphatic rings. The zero-order valence-corrected chi connectivity index (χ0v) is 13.8. The van der Waals surface area contributed by atoms with E-state index in [9.17, 15) is 0 Å². The lowest BCUT2D eigenvalue weighted by Crippen LogP contribution is -2.18. The second-order valence-corrected chi connectivity index (χ2v) is 5.75. The Hall–Kier alpha value is -0.860. The van der Waals surface area contributed by atoms with E-state index in [-0.39, 0.29) is 5.41 Å². The van der Waals surface area contributed by atoms with Crippen LogP contribution < -0.4 is 0 Å². The van der Waals surface area contributed by atoms with Crippen molar-refractivity contribution < 1.29 is 0 Å². The predicted molar refractivity (Wildman–Crippen MR) is 90.9 cm³/mol. The van der Waals surface area contributed by atoms with Crippen LogP contribution in [0.25, 0.3) is 0 Å². The van der Waals surface area contributed by atoms with Crippen molar-refractivity contribution in [1.29, 1.82) is 0 Å². The summed E-state index contributed by atoms with van der Waals surface area (Å²) in [7, 11) is 0. The van der Waals surface area contributed by atoms with Gasteiger partial charge < -0.3 is 0 Å². The fourth-order valence-corrected chi connectivity index (χ4v) is 2.22. The van der Waals surface area contributed by atoms with Crippen LogP contribution in [0, 0.1) is 0 Å². The second kappa shape index (κ2) is 7.06. The zero-order chi connectivity index (χ0) is 14.5. The van der Waals surface area contributed by atoms with Crippen molar-refractivity contribution in [2.45, 2.75) is 42.9 Å². The van der Waals surface area contributed by atoms with E-state index in [0.29, 0.717) is 0 Å². The first-order valence-electron chi connectivity index (χ1n) is 6.59. The smallest absolute Gasteiger partial charge is 0.0146 e. The maximum absolute atomic E-state index is 4.32. The topological polar surface area (TPSA) is 0 Å². The molecule has 0 saturated heterocycles. The molecule has 0 fully saturated rings. The summed E-state index contributed by atoms with van der Waals surface area (Å²) in [6.07, 6.45) is 0. The van der Waals surface area contributed by atoms with Crippen molar-refractivity contribution in [3.8, 4) is 0 Å². The lowest BCUT2D eigenvalue weighted by atomic mass is 9.78. The van der Waals surface area contributed by atoms with Crippen LogP contribution in [0.5, 0.6) is 0 Å². The predicted octanol–water partition coefficient (Wildman–Crippen LogP) is 5.62. The summed E-state index contributed by atoms with van der Waals surface area (Å²) in [5, 5.41) is 0. The Bertz CT molecular complexity index is 448. The third-order valence-corrected chi connectivity index (χ3v) is 3.77. The molecule has 2 heteroatoms. The number of hydrogen-bond acceptors (Lipinski definition) is 2. The molecule has 0 nitrogen and oxygen atoms in total. The Morgan fingerprint density at radius 2 is 0.895 bits per heavy atom. The lowest BCUT2D eigenvalue weighted by molar-refractivity contribution is 0.639. The number of rotatable bonds is 2. The van der Waals surface area contributed by atoms with Gasteiger partial charge in [0.2, 0.25) is 0 Å². The van der Waals surface area contributed by atoms with E-state index in [0.717, 1.165) is 9.79 Å². The minimum atomic E-state index is 0.00293. The molecule has 2 aromatic carbocycles. The highest BCUT2D eigenvalue weighted by molar-refractivity contribution is 7.80. The largest absolute Gasteiger partial charge is 0.143 e. The van der Waals surface area contributed by atoms with Crippen molar-refractivity contribution in [1.82, 2.24) is 0 Å². The molecule has 0 N–H and O–H groups in total. The molecule has 0 atom stereocenters. The van der Waals surface area contributed by atoms with Crippen LogP contribution in [-0.2, 0) is 5.41 Å². The van der Waals surface area contributed by atoms with Crippen LogP contribution in [-0.4, -0.2) is 0 Å². The molecule has 0 unspecified atom stereocenters. The summed E-state index contributed by atoms with van der Waals surface area (Å²) in [6.45, 7) is 8.46. The van der Waals surface area contributed by atoms with Gasteiger partial charge in [-0.15, -0.1) is 25.3 Å². The average Bonchev–Trinajstić information content (AvgIpc) is 2.42. The van der Waals surface area contributed by atoms with E-state index in [1.807, 2.05) is 38.1 Å². The van der Waals surface area contributed by atoms with Crippen molar-refractivity contribution >= 4 is 25.3 Å². The van der Waals surface area contributed by atoms with E-state index in [1.165, 1.54) is 11.1 Å². The van der Waals surface area contributed by atoms with Gasteiger partial charge in [-0.3, -0.25) is 0 Å². The van der Waals surface area contributed by atoms with Crippen LogP contribution in [0.2, 0.25) is 0 Å². The maximum Gasteiger partial charge on any atom is 0.0146 e. The first kappa shape index (κ1) is 16.2. The molecule has 0 amide bonds. The third kappa shape index (κ3) is 4.05. The molecule has 2 rings (SSSR count). The van der Waals surface area contributed by atoms with Gasteiger partial charge in [0, 0.05) is 15.2 Å². The fourth-order valence-electron chi connectivity index (χ4n) is 1.92. The molecule has 0 aliphatic heterocycles. The molecular weight excluding hydrogens is 268 g/mol. The molecule has 0 aromatic heterocycles. The summed E-state index contributed by atoms with van der Waals surface area (Å²) in [5.74, 6) is 0. The van der Waals surface area contributed by atoms with Crippen LogP contribution in [0.1, 0.15) is 38.8 Å². The number of thiol groups is 2. The average molecular weight is 290 g/mol. The quantitative estimate of drug-likeness (QED) is 0.659. The van der Waals surface area contributed by atoms with E-state index in [2.05, 4.69) is 63.4 Å². The van der Waals surface area contributed by atoms with E-state index in [1.54, 1.807) is 0 Å². The molecule has 0 heterocycles. The van der Waals surface area contributed by atoms with Gasteiger partial charge in [0.25, 0.3) is 0 Å². The first-order chi connectivity index (χ1) is 9.00.